The lowest BCUT2D eigenvalue weighted by molar-refractivity contribution is -0.128. The molecular weight excluding hydrogens is 390 g/mol. The second-order valence-electron chi connectivity index (χ2n) is 4.30. The van der Waals surface area contributed by atoms with E-state index in [0.29, 0.717) is 0 Å². The van der Waals surface area contributed by atoms with Gasteiger partial charge >= 0.3 is 0 Å². The van der Waals surface area contributed by atoms with Crippen molar-refractivity contribution >= 4 is 47.8 Å². The van der Waals surface area contributed by atoms with Crippen LogP contribution in [0.4, 0.5) is 0 Å². The molecule has 0 atom stereocenters. The molecule has 0 aliphatic heterocycles. The maximum absolute atomic E-state index is 10.2. The molecule has 0 saturated heterocycles. The van der Waals surface area contributed by atoms with E-state index in [2.05, 4.69) is 0 Å². The Hall–Kier alpha value is -1.58. The molecule has 0 rings (SSSR count). The quantitative estimate of drug-likeness (QED) is 0.442. The van der Waals surface area contributed by atoms with Gasteiger partial charge in [0.1, 0.15) is 0 Å². The zero-order valence-corrected chi connectivity index (χ0v) is 16.3. The zero-order chi connectivity index (χ0) is 20.4. The Labute approximate surface area is 141 Å². The van der Waals surface area contributed by atoms with Crippen molar-refractivity contribution in [3.05, 3.63) is 0 Å². The van der Waals surface area contributed by atoms with Crippen LogP contribution in [-0.4, -0.2) is 61.7 Å². The van der Waals surface area contributed by atoms with Crippen LogP contribution in [0, 0.1) is 0 Å². The van der Waals surface area contributed by atoms with E-state index in [0.717, 1.165) is 25.7 Å². The minimum Gasteiger partial charge on any atom is -0.297 e. The summed E-state index contributed by atoms with van der Waals surface area (Å²) in [5.74, 6) is -1.19. The van der Waals surface area contributed by atoms with E-state index in [4.69, 9.17) is 0 Å². The van der Waals surface area contributed by atoms with Crippen molar-refractivity contribution in [1.29, 1.82) is 0 Å². The summed E-state index contributed by atoms with van der Waals surface area (Å²) < 4.78 is 64.0. The van der Waals surface area contributed by atoms with Crippen molar-refractivity contribution in [2.45, 2.75) is 20.8 Å². The highest BCUT2D eigenvalue weighted by Crippen LogP contribution is 1.78. The molecule has 0 saturated carbocycles. The zero-order valence-electron chi connectivity index (χ0n) is 13.9. The molecule has 0 aliphatic rings. The highest BCUT2D eigenvalue weighted by molar-refractivity contribution is 8.04. The standard InChI is InChI=1S/C4H7NO2.C3H7NO3S.C2H7NO4S2/c1-3(6)5-4(2)7;1-3(5)4-8(2,6)7;1-8(4,5)3-9(2,6)7/h1-2H3,(H,5,6,7);1-2H3,(H,4,5);3H,1-2H3. The molecule has 0 radical (unpaired) electrons. The van der Waals surface area contributed by atoms with E-state index >= 15 is 0 Å². The van der Waals surface area contributed by atoms with Crippen LogP contribution in [0.2, 0.25) is 0 Å². The fraction of sp³-hybridized carbons (Fsp3) is 0.667. The van der Waals surface area contributed by atoms with Crippen LogP contribution < -0.4 is 14.2 Å². The summed E-state index contributed by atoms with van der Waals surface area (Å²) in [4.78, 5) is 29.8. The lowest BCUT2D eigenvalue weighted by Crippen LogP contribution is -2.27. The van der Waals surface area contributed by atoms with Crippen LogP contribution in [-0.2, 0) is 44.5 Å². The molecule has 0 fully saturated rings. The van der Waals surface area contributed by atoms with Crippen LogP contribution in [0.3, 0.4) is 0 Å². The Kier molecular flexibility index (Phi) is 12.6. The van der Waals surface area contributed by atoms with E-state index in [-0.39, 0.29) is 11.8 Å². The van der Waals surface area contributed by atoms with Crippen LogP contribution in [0.15, 0.2) is 0 Å². The maximum Gasteiger partial charge on any atom is 0.231 e. The molecule has 0 aliphatic carbocycles. The van der Waals surface area contributed by atoms with Gasteiger partial charge < -0.3 is 0 Å². The number of nitrogens with one attached hydrogen (secondary N) is 3. The van der Waals surface area contributed by atoms with Crippen molar-refractivity contribution in [2.24, 2.45) is 0 Å². The number of hydrogen-bond donors (Lipinski definition) is 3. The number of amides is 3. The molecule has 0 aromatic carbocycles. The highest BCUT2D eigenvalue weighted by atomic mass is 32.3. The number of imide groups is 1. The Morgan fingerprint density at radius 2 is 0.875 bits per heavy atom. The lowest BCUT2D eigenvalue weighted by atomic mass is 10.6. The predicted octanol–water partition coefficient (Wildman–Crippen LogP) is -2.75. The van der Waals surface area contributed by atoms with Gasteiger partial charge in [-0.05, 0) is 0 Å². The number of carbonyl (C=O) groups is 3. The molecule has 3 amide bonds. The molecule has 0 aromatic heterocycles. The Balaban J connectivity index is -0.000000278. The van der Waals surface area contributed by atoms with E-state index in [1.807, 2.05) is 5.32 Å². The molecule has 144 valence electrons. The SMILES string of the molecule is CC(=O)NC(C)=O.CC(=O)NS(C)(=O)=O.CS(=O)(=O)NS(C)(=O)=O. The first kappa shape index (κ1) is 27.3. The Bertz CT molecular complexity index is 709. The maximum atomic E-state index is 10.2. The summed E-state index contributed by atoms with van der Waals surface area (Å²) in [7, 11) is -10.6. The summed E-state index contributed by atoms with van der Waals surface area (Å²) in [6.07, 6.45) is 2.47. The van der Waals surface area contributed by atoms with Crippen LogP contribution in [0.5, 0.6) is 0 Å². The molecule has 15 heteroatoms. The summed E-state index contributed by atoms with van der Waals surface area (Å²) in [6.45, 7) is 3.73. The molecule has 0 unspecified atom stereocenters. The molecule has 0 spiro atoms. The Morgan fingerprint density at radius 3 is 0.875 bits per heavy atom. The second kappa shape index (κ2) is 11.1. The number of sulfonamides is 3. The van der Waals surface area contributed by atoms with Gasteiger partial charge in [0.05, 0.1) is 18.8 Å². The average Bonchev–Trinajstić information content (AvgIpc) is 2.04. The normalized spacial score (nSPS) is 10.9. The summed E-state index contributed by atoms with van der Waals surface area (Å²) in [6, 6.07) is 0. The largest absolute Gasteiger partial charge is 0.297 e. The number of rotatable bonds is 3. The molecule has 0 aromatic rings. The lowest BCUT2D eigenvalue weighted by Gasteiger charge is -1.94. The van der Waals surface area contributed by atoms with Crippen LogP contribution in [0.25, 0.3) is 0 Å². The summed E-state index contributed by atoms with van der Waals surface area (Å²) in [5, 5.41) is 2.03. The third-order valence-corrected chi connectivity index (χ3v) is 4.06. The molecule has 24 heavy (non-hydrogen) atoms. The molecule has 0 bridgehead atoms. The summed E-state index contributed by atoms with van der Waals surface area (Å²) >= 11 is 0. The fourth-order valence-corrected chi connectivity index (χ4v) is 3.51. The van der Waals surface area contributed by atoms with Gasteiger partial charge in [0.2, 0.25) is 47.8 Å². The second-order valence-corrected chi connectivity index (χ2v) is 9.80. The molecular formula is C9H21N3O9S3. The minimum atomic E-state index is -3.62. The van der Waals surface area contributed by atoms with Crippen molar-refractivity contribution < 1.29 is 39.6 Å². The third kappa shape index (κ3) is 42.8. The smallest absolute Gasteiger partial charge is 0.231 e. The van der Waals surface area contributed by atoms with E-state index < -0.39 is 36.0 Å². The first-order chi connectivity index (χ1) is 10.2. The van der Waals surface area contributed by atoms with Gasteiger partial charge in [0, 0.05) is 20.8 Å². The molecule has 0 heterocycles. The Morgan fingerprint density at radius 1 is 0.583 bits per heavy atom. The highest BCUT2D eigenvalue weighted by Gasteiger charge is 2.08. The van der Waals surface area contributed by atoms with Gasteiger partial charge in [-0.2, -0.15) is 0 Å². The van der Waals surface area contributed by atoms with Gasteiger partial charge in [-0.15, -0.1) is 4.13 Å². The van der Waals surface area contributed by atoms with E-state index in [1.54, 1.807) is 4.72 Å². The van der Waals surface area contributed by atoms with Gasteiger partial charge in [0.15, 0.2) is 0 Å². The van der Waals surface area contributed by atoms with E-state index in [1.165, 1.54) is 18.0 Å². The monoisotopic (exact) mass is 411 g/mol. The first-order valence-electron chi connectivity index (χ1n) is 5.70. The van der Waals surface area contributed by atoms with Gasteiger partial charge in [-0.25, -0.2) is 25.3 Å². The van der Waals surface area contributed by atoms with Gasteiger partial charge in [-0.3, -0.25) is 24.4 Å². The van der Waals surface area contributed by atoms with Crippen molar-refractivity contribution in [3.8, 4) is 0 Å². The third-order valence-electron chi connectivity index (χ3n) is 0.984. The van der Waals surface area contributed by atoms with Gasteiger partial charge in [-0.1, -0.05) is 0 Å². The predicted molar refractivity (Wildman–Crippen MR) is 86.0 cm³/mol. The average molecular weight is 411 g/mol. The van der Waals surface area contributed by atoms with Gasteiger partial charge in [0.25, 0.3) is 0 Å². The number of hydrogen-bond acceptors (Lipinski definition) is 9. The topological polar surface area (TPSA) is 190 Å². The number of carbonyl (C=O) groups excluding carboxylic acids is 3. The fourth-order valence-electron chi connectivity index (χ4n) is 0.784. The van der Waals surface area contributed by atoms with Crippen molar-refractivity contribution in [1.82, 2.24) is 14.2 Å². The van der Waals surface area contributed by atoms with Crippen molar-refractivity contribution in [2.75, 3.05) is 18.8 Å². The van der Waals surface area contributed by atoms with E-state index in [9.17, 15) is 39.6 Å². The summed E-state index contributed by atoms with van der Waals surface area (Å²) in [5.41, 5.74) is 0. The minimum absolute atomic E-state index is 0.312. The molecule has 3 N–H and O–H groups in total. The van der Waals surface area contributed by atoms with Crippen LogP contribution in [0.1, 0.15) is 20.8 Å². The first-order valence-corrected chi connectivity index (χ1v) is 11.4. The molecule has 12 nitrogen and oxygen atoms in total. The van der Waals surface area contributed by atoms with Crippen LogP contribution >= 0.6 is 0 Å². The van der Waals surface area contributed by atoms with Crippen molar-refractivity contribution in [3.63, 3.8) is 0 Å².